The van der Waals surface area contributed by atoms with Crippen LogP contribution in [0, 0.1) is 23.2 Å². The molecule has 0 saturated heterocycles. The lowest BCUT2D eigenvalue weighted by Gasteiger charge is -2.55. The van der Waals surface area contributed by atoms with Gasteiger partial charge in [0.05, 0.1) is 7.11 Å². The molecule has 0 radical (unpaired) electrons. The van der Waals surface area contributed by atoms with Gasteiger partial charge in [-0.15, -0.1) is 0 Å². The van der Waals surface area contributed by atoms with Gasteiger partial charge in [-0.25, -0.2) is 0 Å². The number of nitrogens with one attached hydrogen (secondary N) is 1. The first kappa shape index (κ1) is 19.9. The minimum atomic E-state index is -0.128. The highest BCUT2D eigenvalue weighted by molar-refractivity contribution is 5.84. The average molecular weight is 411 g/mol. The Morgan fingerprint density at radius 3 is 2.17 bits per heavy atom. The van der Waals surface area contributed by atoms with Crippen molar-refractivity contribution in [2.45, 2.75) is 70.4 Å². The first-order chi connectivity index (χ1) is 14.5. The van der Waals surface area contributed by atoms with E-state index < -0.39 is 0 Å². The zero-order valence-electron chi connectivity index (χ0n) is 18.1. The lowest BCUT2D eigenvalue weighted by Crippen LogP contribution is -2.53. The van der Waals surface area contributed by atoms with Crippen molar-refractivity contribution in [2.24, 2.45) is 23.2 Å². The van der Waals surface area contributed by atoms with Crippen molar-refractivity contribution in [1.82, 2.24) is 10.2 Å². The van der Waals surface area contributed by atoms with Crippen LogP contribution in [0.15, 0.2) is 24.3 Å². The van der Waals surface area contributed by atoms with E-state index in [0.717, 1.165) is 61.2 Å². The van der Waals surface area contributed by atoms with E-state index in [0.29, 0.717) is 25.6 Å². The van der Waals surface area contributed by atoms with E-state index in [4.69, 9.17) is 4.74 Å². The van der Waals surface area contributed by atoms with Gasteiger partial charge in [-0.1, -0.05) is 12.1 Å². The SMILES string of the molecule is COc1ccc(CN(C(=O)CCNC(=O)C23CC4CC(CC(C4)C2)C3)C2CC2)cc1. The van der Waals surface area contributed by atoms with Gasteiger partial charge in [0.25, 0.3) is 0 Å². The highest BCUT2D eigenvalue weighted by atomic mass is 16.5. The Kier molecular flexibility index (Phi) is 5.24. The highest BCUT2D eigenvalue weighted by Crippen LogP contribution is 2.60. The molecule has 1 N–H and O–H groups in total. The first-order valence-corrected chi connectivity index (χ1v) is 11.8. The van der Waals surface area contributed by atoms with Gasteiger partial charge in [0, 0.05) is 31.0 Å². The molecule has 5 aliphatic carbocycles. The molecule has 2 amide bonds. The second-order valence-electron chi connectivity index (χ2n) is 10.3. The van der Waals surface area contributed by atoms with E-state index in [9.17, 15) is 9.59 Å². The molecule has 5 saturated carbocycles. The number of carbonyl (C=O) groups excluding carboxylic acids is 2. The third-order valence-electron chi connectivity index (χ3n) is 7.96. The average Bonchev–Trinajstić information content (AvgIpc) is 3.56. The van der Waals surface area contributed by atoms with Crippen molar-refractivity contribution in [3.63, 3.8) is 0 Å². The molecule has 0 unspecified atom stereocenters. The molecule has 1 aromatic rings. The molecule has 5 fully saturated rings. The maximum Gasteiger partial charge on any atom is 0.226 e. The Bertz CT molecular complexity index is 764. The minimum absolute atomic E-state index is 0.128. The molecule has 4 bridgehead atoms. The predicted octanol–water partition coefficient (Wildman–Crippen LogP) is 3.91. The van der Waals surface area contributed by atoms with E-state index >= 15 is 0 Å². The quantitative estimate of drug-likeness (QED) is 0.707. The highest BCUT2D eigenvalue weighted by Gasteiger charge is 2.54. The summed E-state index contributed by atoms with van der Waals surface area (Å²) in [5.41, 5.74) is 0.991. The largest absolute Gasteiger partial charge is 0.497 e. The van der Waals surface area contributed by atoms with Crippen LogP contribution in [0.2, 0.25) is 0 Å². The van der Waals surface area contributed by atoms with Gasteiger partial charge in [0.2, 0.25) is 11.8 Å². The topological polar surface area (TPSA) is 58.6 Å². The van der Waals surface area contributed by atoms with E-state index in [1.807, 2.05) is 29.2 Å². The van der Waals surface area contributed by atoms with Crippen molar-refractivity contribution >= 4 is 11.8 Å². The van der Waals surface area contributed by atoms with E-state index in [2.05, 4.69) is 5.32 Å². The van der Waals surface area contributed by atoms with Crippen molar-refractivity contribution in [1.29, 1.82) is 0 Å². The maximum atomic E-state index is 13.1. The van der Waals surface area contributed by atoms with Gasteiger partial charge in [0.15, 0.2) is 0 Å². The minimum Gasteiger partial charge on any atom is -0.497 e. The third kappa shape index (κ3) is 3.95. The zero-order valence-corrected chi connectivity index (χ0v) is 18.1. The normalized spacial score (nSPS) is 31.4. The smallest absolute Gasteiger partial charge is 0.226 e. The molecule has 0 aliphatic heterocycles. The molecule has 0 spiro atoms. The Labute approximate surface area is 179 Å². The lowest BCUT2D eigenvalue weighted by atomic mass is 9.49. The van der Waals surface area contributed by atoms with Crippen LogP contribution in [0.3, 0.4) is 0 Å². The fourth-order valence-electron chi connectivity index (χ4n) is 6.74. The van der Waals surface area contributed by atoms with Crippen LogP contribution < -0.4 is 10.1 Å². The second kappa shape index (κ2) is 7.90. The summed E-state index contributed by atoms with van der Waals surface area (Å²) in [7, 11) is 1.66. The van der Waals surface area contributed by atoms with Crippen molar-refractivity contribution in [3.05, 3.63) is 29.8 Å². The number of hydrogen-bond donors (Lipinski definition) is 1. The first-order valence-electron chi connectivity index (χ1n) is 11.8. The number of ether oxygens (including phenoxy) is 1. The van der Waals surface area contributed by atoms with Crippen LogP contribution in [-0.2, 0) is 16.1 Å². The van der Waals surface area contributed by atoms with E-state index in [1.165, 1.54) is 19.3 Å². The Balaban J connectivity index is 1.14. The number of methoxy groups -OCH3 is 1. The molecule has 1 aromatic carbocycles. The summed E-state index contributed by atoms with van der Waals surface area (Å²) in [6.45, 7) is 1.10. The van der Waals surface area contributed by atoms with Crippen LogP contribution in [0.5, 0.6) is 5.75 Å². The van der Waals surface area contributed by atoms with Gasteiger partial charge in [-0.2, -0.15) is 0 Å². The lowest BCUT2D eigenvalue weighted by molar-refractivity contribution is -0.146. The number of carbonyl (C=O) groups is 2. The monoisotopic (exact) mass is 410 g/mol. The van der Waals surface area contributed by atoms with Gasteiger partial charge in [-0.3, -0.25) is 9.59 Å². The summed E-state index contributed by atoms with van der Waals surface area (Å²) in [6, 6.07) is 8.29. The molecule has 5 aliphatic rings. The molecule has 5 heteroatoms. The molecular formula is C25H34N2O3. The van der Waals surface area contributed by atoms with Crippen LogP contribution in [-0.4, -0.2) is 36.4 Å². The molecule has 0 heterocycles. The fraction of sp³-hybridized carbons (Fsp3) is 0.680. The predicted molar refractivity (Wildman–Crippen MR) is 115 cm³/mol. The molecule has 6 rings (SSSR count). The molecular weight excluding hydrogens is 376 g/mol. The number of amides is 2. The molecule has 30 heavy (non-hydrogen) atoms. The maximum absolute atomic E-state index is 13.1. The fourth-order valence-corrected chi connectivity index (χ4v) is 6.74. The van der Waals surface area contributed by atoms with Crippen LogP contribution >= 0.6 is 0 Å². The van der Waals surface area contributed by atoms with Crippen LogP contribution in [0.1, 0.15) is 63.4 Å². The van der Waals surface area contributed by atoms with Gasteiger partial charge < -0.3 is 15.0 Å². The number of hydrogen-bond acceptors (Lipinski definition) is 3. The molecule has 0 atom stereocenters. The number of rotatable bonds is 8. The van der Waals surface area contributed by atoms with Gasteiger partial charge in [0.1, 0.15) is 5.75 Å². The zero-order chi connectivity index (χ0) is 20.7. The molecule has 5 nitrogen and oxygen atoms in total. The number of nitrogens with zero attached hydrogens (tertiary/aromatic N) is 1. The number of benzene rings is 1. The van der Waals surface area contributed by atoms with E-state index in [1.54, 1.807) is 7.11 Å². The summed E-state index contributed by atoms with van der Waals surface area (Å²) in [4.78, 5) is 28.0. The van der Waals surface area contributed by atoms with Crippen molar-refractivity contribution in [2.75, 3.05) is 13.7 Å². The van der Waals surface area contributed by atoms with Gasteiger partial charge >= 0.3 is 0 Å². The summed E-state index contributed by atoms with van der Waals surface area (Å²) in [6.07, 6.45) is 9.80. The molecule has 162 valence electrons. The summed E-state index contributed by atoms with van der Waals surface area (Å²) in [5.74, 6) is 3.49. The molecule has 0 aromatic heterocycles. The standard InChI is InChI=1S/C25H34N2O3/c1-30-22-6-2-17(3-7-22)16-27(21-4-5-21)23(28)8-9-26-24(29)25-13-18-10-19(14-25)12-20(11-18)15-25/h2-3,6-7,18-21H,4-5,8-16H2,1H3,(H,26,29). The summed E-state index contributed by atoms with van der Waals surface area (Å²) in [5, 5.41) is 3.16. The van der Waals surface area contributed by atoms with Crippen LogP contribution in [0.4, 0.5) is 0 Å². The Hall–Kier alpha value is -2.04. The van der Waals surface area contributed by atoms with Crippen molar-refractivity contribution in [3.8, 4) is 5.75 Å². The third-order valence-corrected chi connectivity index (χ3v) is 7.96. The van der Waals surface area contributed by atoms with E-state index in [-0.39, 0.29) is 17.2 Å². The Morgan fingerprint density at radius 1 is 1.03 bits per heavy atom. The second-order valence-corrected chi connectivity index (χ2v) is 10.3. The van der Waals surface area contributed by atoms with Crippen LogP contribution in [0.25, 0.3) is 0 Å². The summed E-state index contributed by atoms with van der Waals surface area (Å²) < 4.78 is 5.22. The summed E-state index contributed by atoms with van der Waals surface area (Å²) >= 11 is 0. The van der Waals surface area contributed by atoms with Gasteiger partial charge in [-0.05, 0) is 86.8 Å². The Morgan fingerprint density at radius 2 is 1.63 bits per heavy atom. The van der Waals surface area contributed by atoms with Crippen molar-refractivity contribution < 1.29 is 14.3 Å².